The molecule has 3 rings (SSSR count). The summed E-state index contributed by atoms with van der Waals surface area (Å²) in [6.45, 7) is 7.96. The lowest BCUT2D eigenvalue weighted by Crippen LogP contribution is -2.19. The number of benzene rings is 2. The summed E-state index contributed by atoms with van der Waals surface area (Å²) < 4.78 is 12.5. The van der Waals surface area contributed by atoms with Crippen LogP contribution in [0.4, 0.5) is 9.18 Å². The van der Waals surface area contributed by atoms with Gasteiger partial charge < -0.3 is 26.6 Å². The Bertz CT molecular complexity index is 798. The molecule has 0 spiro atoms. The van der Waals surface area contributed by atoms with E-state index in [0.717, 1.165) is 41.9 Å². The number of aryl methyl sites for hydroxylation is 1. The average Bonchev–Trinajstić information content (AvgIpc) is 3.28. The topological polar surface area (TPSA) is 134 Å². The van der Waals surface area contributed by atoms with Gasteiger partial charge in [-0.25, -0.2) is 9.18 Å². The molecule has 7 nitrogen and oxygen atoms in total. The summed E-state index contributed by atoms with van der Waals surface area (Å²) in [5, 5.41) is 27.5. The predicted molar refractivity (Wildman–Crippen MR) is 131 cm³/mol. The van der Waals surface area contributed by atoms with E-state index in [0.29, 0.717) is 5.56 Å². The van der Waals surface area contributed by atoms with Gasteiger partial charge in [-0.2, -0.15) is 0 Å². The van der Waals surface area contributed by atoms with E-state index in [1.165, 1.54) is 30.0 Å². The molecule has 9 heteroatoms. The number of rotatable bonds is 4. The van der Waals surface area contributed by atoms with Crippen molar-refractivity contribution in [3.05, 3.63) is 77.2 Å². The first-order valence-electron chi connectivity index (χ1n) is 10.3. The number of aliphatic hydroxyl groups excluding tert-OH is 1. The molecule has 2 aromatic carbocycles. The number of amides is 1. The van der Waals surface area contributed by atoms with E-state index in [4.69, 9.17) is 21.1 Å². The van der Waals surface area contributed by atoms with Crippen LogP contribution in [0.5, 0.6) is 0 Å². The maximum absolute atomic E-state index is 12.5. The molecule has 1 aliphatic heterocycles. The molecule has 1 fully saturated rings. The van der Waals surface area contributed by atoms with Crippen molar-refractivity contribution in [2.24, 2.45) is 10.9 Å². The molecule has 1 amide bonds. The summed E-state index contributed by atoms with van der Waals surface area (Å²) in [6.07, 6.45) is 1.28. The maximum atomic E-state index is 12.5. The summed E-state index contributed by atoms with van der Waals surface area (Å²) >= 11 is 1.16. The van der Waals surface area contributed by atoms with Crippen LogP contribution in [0.2, 0.25) is 0 Å². The van der Waals surface area contributed by atoms with Gasteiger partial charge in [0.1, 0.15) is 5.82 Å². The van der Waals surface area contributed by atoms with Gasteiger partial charge in [0.25, 0.3) is 0 Å². The van der Waals surface area contributed by atoms with Gasteiger partial charge in [-0.1, -0.05) is 55.8 Å². The van der Waals surface area contributed by atoms with Gasteiger partial charge in [0.15, 0.2) is 0 Å². The average molecular weight is 467 g/mol. The minimum absolute atomic E-state index is 0.0648. The monoisotopic (exact) mass is 466 g/mol. The van der Waals surface area contributed by atoms with E-state index in [1.807, 2.05) is 45.0 Å². The second-order valence-electron chi connectivity index (χ2n) is 6.45. The molecule has 1 atom stereocenters. The van der Waals surface area contributed by atoms with Crippen LogP contribution in [0.1, 0.15) is 37.0 Å². The third kappa shape index (κ3) is 13.7. The molecule has 1 saturated heterocycles. The van der Waals surface area contributed by atoms with Gasteiger partial charge in [-0.15, -0.1) is 0 Å². The molecule has 0 aliphatic carbocycles. The van der Waals surface area contributed by atoms with Crippen molar-refractivity contribution < 1.29 is 19.4 Å². The van der Waals surface area contributed by atoms with Gasteiger partial charge in [0.05, 0.1) is 6.10 Å². The number of carbonyl (C=O) groups is 1. The number of hydrogen-bond donors (Lipinski definition) is 6. The summed E-state index contributed by atoms with van der Waals surface area (Å²) in [7, 11) is 0. The van der Waals surface area contributed by atoms with Crippen molar-refractivity contribution in [2.75, 3.05) is 13.1 Å². The minimum Gasteiger partial charge on any atom is -0.465 e. The number of nitrogens with two attached hydrogens (primary N) is 2. The first-order chi connectivity index (χ1) is 15.3. The molecule has 8 N–H and O–H groups in total. The van der Waals surface area contributed by atoms with Crippen LogP contribution < -0.4 is 21.5 Å². The van der Waals surface area contributed by atoms with Crippen LogP contribution in [0.25, 0.3) is 4.91 Å². The normalized spacial score (nSPS) is 14.6. The molecular weight excluding hydrogens is 431 g/mol. The first-order valence-corrected chi connectivity index (χ1v) is 11.2. The predicted octanol–water partition coefficient (Wildman–Crippen LogP) is 3.82. The SMILES string of the molecule is CC.Cc1ccc(/C(=C/N)SN)cc1.O=C(O)NCc1cccc(F)c1.OC1CCNC1. The smallest absolute Gasteiger partial charge is 0.404 e. The number of β-amino-alcohol motifs (C(OH)–C–C–N with tert-alkyl or cyclic N) is 1. The van der Waals surface area contributed by atoms with Crippen LogP contribution in [0.15, 0.2) is 54.7 Å². The minimum atomic E-state index is -1.11. The fraction of sp³-hybridized carbons (Fsp3) is 0.348. The lowest BCUT2D eigenvalue weighted by Gasteiger charge is -2.02. The molecule has 1 unspecified atom stereocenters. The van der Waals surface area contributed by atoms with Crippen molar-refractivity contribution >= 4 is 22.9 Å². The van der Waals surface area contributed by atoms with Crippen LogP contribution in [-0.4, -0.2) is 35.5 Å². The highest BCUT2D eigenvalue weighted by molar-refractivity contribution is 8.06. The molecule has 0 radical (unpaired) electrons. The summed E-state index contributed by atoms with van der Waals surface area (Å²) in [5.41, 5.74) is 8.30. The standard InChI is InChI=1S/C9H12N2S.C8H8FNO2.C4H9NO.C2H6/c1-7-2-4-8(5-3-7)9(6-10)12-11;9-7-3-1-2-6(4-7)5-10-8(11)12;6-4-1-2-5-3-4;1-2/h2-6H,10-11H2,1H3;1-4,10H,5H2,(H,11,12);4-6H,1-3H2;1-2H3/b9-6-;;;. The maximum Gasteiger partial charge on any atom is 0.404 e. The van der Waals surface area contributed by atoms with Crippen molar-refractivity contribution in [1.82, 2.24) is 10.6 Å². The van der Waals surface area contributed by atoms with Crippen molar-refractivity contribution in [3.8, 4) is 0 Å². The number of aliphatic hydroxyl groups is 1. The van der Waals surface area contributed by atoms with E-state index in [2.05, 4.69) is 10.6 Å². The number of halogens is 1. The molecule has 1 aliphatic rings. The Hall–Kier alpha value is -2.59. The summed E-state index contributed by atoms with van der Waals surface area (Å²) in [6, 6.07) is 13.9. The Labute approximate surface area is 194 Å². The van der Waals surface area contributed by atoms with E-state index >= 15 is 0 Å². The van der Waals surface area contributed by atoms with Crippen molar-refractivity contribution in [1.29, 1.82) is 0 Å². The lowest BCUT2D eigenvalue weighted by molar-refractivity contribution is 0.193. The number of carboxylic acid groups (broad SMARTS) is 1. The Kier molecular flexibility index (Phi) is 16.6. The molecule has 0 saturated carbocycles. The summed E-state index contributed by atoms with van der Waals surface area (Å²) in [5.74, 6) is -0.361. The Morgan fingerprint density at radius 3 is 2.34 bits per heavy atom. The van der Waals surface area contributed by atoms with Crippen LogP contribution in [0, 0.1) is 12.7 Å². The molecular formula is C23H35FN4O3S. The second kappa shape index (κ2) is 18.0. The second-order valence-corrected chi connectivity index (χ2v) is 7.13. The fourth-order valence-corrected chi connectivity index (χ4v) is 2.74. The van der Waals surface area contributed by atoms with Gasteiger partial charge >= 0.3 is 6.09 Å². The van der Waals surface area contributed by atoms with E-state index in [1.54, 1.807) is 6.07 Å². The first kappa shape index (κ1) is 29.4. The molecule has 2 aromatic rings. The lowest BCUT2D eigenvalue weighted by atomic mass is 10.1. The highest BCUT2D eigenvalue weighted by Crippen LogP contribution is 2.21. The van der Waals surface area contributed by atoms with Gasteiger partial charge in [0.2, 0.25) is 0 Å². The van der Waals surface area contributed by atoms with Gasteiger partial charge in [-0.05, 0) is 55.1 Å². The largest absolute Gasteiger partial charge is 0.465 e. The zero-order chi connectivity index (χ0) is 24.4. The molecule has 1 heterocycles. The van der Waals surface area contributed by atoms with E-state index in [-0.39, 0.29) is 18.5 Å². The summed E-state index contributed by atoms with van der Waals surface area (Å²) in [4.78, 5) is 11.0. The molecule has 178 valence electrons. The highest BCUT2D eigenvalue weighted by atomic mass is 32.2. The van der Waals surface area contributed by atoms with Crippen LogP contribution in [0.3, 0.4) is 0 Å². The van der Waals surface area contributed by atoms with Crippen LogP contribution >= 0.6 is 11.9 Å². The molecule has 0 bridgehead atoms. The number of nitrogens with one attached hydrogen (secondary N) is 2. The fourth-order valence-electron chi connectivity index (χ4n) is 2.39. The quantitative estimate of drug-likeness (QED) is 0.377. The Morgan fingerprint density at radius 2 is 1.94 bits per heavy atom. The van der Waals surface area contributed by atoms with Crippen LogP contribution in [-0.2, 0) is 6.54 Å². The molecule has 32 heavy (non-hydrogen) atoms. The number of hydrogen-bond acceptors (Lipinski definition) is 6. The Balaban J connectivity index is 0.000000454. The van der Waals surface area contributed by atoms with E-state index < -0.39 is 6.09 Å². The third-order valence-electron chi connectivity index (χ3n) is 3.98. The van der Waals surface area contributed by atoms with Crippen molar-refractivity contribution in [2.45, 2.75) is 39.8 Å². The van der Waals surface area contributed by atoms with E-state index in [9.17, 15) is 9.18 Å². The zero-order valence-corrected chi connectivity index (χ0v) is 19.7. The van der Waals surface area contributed by atoms with Crippen molar-refractivity contribution in [3.63, 3.8) is 0 Å². The van der Waals surface area contributed by atoms with Gasteiger partial charge in [-0.3, -0.25) is 5.14 Å². The zero-order valence-electron chi connectivity index (χ0n) is 18.8. The Morgan fingerprint density at radius 1 is 1.28 bits per heavy atom. The third-order valence-corrected chi connectivity index (χ3v) is 4.61. The van der Waals surface area contributed by atoms with Gasteiger partial charge in [0, 0.05) is 24.2 Å². The molecule has 0 aromatic heterocycles. The highest BCUT2D eigenvalue weighted by Gasteiger charge is 2.08.